The first kappa shape index (κ1) is 12.3. The molecule has 0 aliphatic carbocycles. The molecule has 2 aliphatic heterocycles. The lowest BCUT2D eigenvalue weighted by Gasteiger charge is -2.26. The number of aliphatic hydroxyl groups is 1. The van der Waals surface area contributed by atoms with Crippen molar-refractivity contribution in [3.8, 4) is 5.75 Å². The van der Waals surface area contributed by atoms with Crippen LogP contribution < -0.4 is 4.74 Å². The molecule has 98 valence electrons. The Balaban J connectivity index is 1.93. The average molecular weight is 269 g/mol. The number of halogens is 1. The Morgan fingerprint density at radius 1 is 1.44 bits per heavy atom. The van der Waals surface area contributed by atoms with Gasteiger partial charge < -0.3 is 14.6 Å². The van der Waals surface area contributed by atoms with E-state index >= 15 is 0 Å². The molecule has 2 unspecified atom stereocenters. The Labute approximate surface area is 112 Å². The van der Waals surface area contributed by atoms with Crippen molar-refractivity contribution in [3.63, 3.8) is 0 Å². The molecule has 1 aromatic rings. The van der Waals surface area contributed by atoms with Crippen LogP contribution in [0.15, 0.2) is 12.1 Å². The summed E-state index contributed by atoms with van der Waals surface area (Å²) >= 11 is 6.13. The largest absolute Gasteiger partial charge is 0.493 e. The predicted octanol–water partition coefficient (Wildman–Crippen LogP) is 2.36. The standard InChI is InChI=1S/C14H17ClO3/c1-9-14(16,3-5-17-9)8-11-7-12(15)6-10-2-4-18-13(10)11/h6-7,9,16H,2-5,8H2,1H3. The van der Waals surface area contributed by atoms with Gasteiger partial charge in [0.25, 0.3) is 0 Å². The lowest BCUT2D eigenvalue weighted by atomic mass is 9.88. The lowest BCUT2D eigenvalue weighted by Crippen LogP contribution is -2.38. The zero-order chi connectivity index (χ0) is 12.8. The van der Waals surface area contributed by atoms with E-state index in [1.165, 1.54) is 0 Å². The summed E-state index contributed by atoms with van der Waals surface area (Å²) in [5.74, 6) is 0.909. The van der Waals surface area contributed by atoms with Crippen LogP contribution in [0.4, 0.5) is 0 Å². The maximum Gasteiger partial charge on any atom is 0.126 e. The zero-order valence-electron chi connectivity index (χ0n) is 10.4. The molecule has 2 aliphatic rings. The molecule has 1 saturated heterocycles. The predicted molar refractivity (Wildman–Crippen MR) is 69.3 cm³/mol. The van der Waals surface area contributed by atoms with Gasteiger partial charge >= 0.3 is 0 Å². The van der Waals surface area contributed by atoms with Gasteiger partial charge in [-0.3, -0.25) is 0 Å². The summed E-state index contributed by atoms with van der Waals surface area (Å²) in [5.41, 5.74) is 1.34. The van der Waals surface area contributed by atoms with E-state index < -0.39 is 5.60 Å². The van der Waals surface area contributed by atoms with Gasteiger partial charge in [0, 0.05) is 30.9 Å². The first-order valence-corrected chi connectivity index (χ1v) is 6.74. The first-order valence-electron chi connectivity index (χ1n) is 6.36. The van der Waals surface area contributed by atoms with E-state index in [0.717, 1.165) is 23.3 Å². The number of ether oxygens (including phenoxy) is 2. The molecule has 0 aromatic heterocycles. The summed E-state index contributed by atoms with van der Waals surface area (Å²) in [5, 5.41) is 11.3. The highest BCUT2D eigenvalue weighted by molar-refractivity contribution is 6.30. The summed E-state index contributed by atoms with van der Waals surface area (Å²) < 4.78 is 11.1. The van der Waals surface area contributed by atoms with E-state index in [1.54, 1.807) is 0 Å². The highest BCUT2D eigenvalue weighted by atomic mass is 35.5. The van der Waals surface area contributed by atoms with Gasteiger partial charge in [-0.15, -0.1) is 0 Å². The Morgan fingerprint density at radius 2 is 2.28 bits per heavy atom. The van der Waals surface area contributed by atoms with Gasteiger partial charge in [0.05, 0.1) is 18.3 Å². The van der Waals surface area contributed by atoms with Gasteiger partial charge in [0.15, 0.2) is 0 Å². The summed E-state index contributed by atoms with van der Waals surface area (Å²) in [6.07, 6.45) is 1.95. The molecular weight excluding hydrogens is 252 g/mol. The van der Waals surface area contributed by atoms with E-state index in [9.17, 15) is 5.11 Å². The van der Waals surface area contributed by atoms with Crippen molar-refractivity contribution in [1.29, 1.82) is 0 Å². The lowest BCUT2D eigenvalue weighted by molar-refractivity contribution is -0.0271. The van der Waals surface area contributed by atoms with E-state index in [-0.39, 0.29) is 6.10 Å². The van der Waals surface area contributed by atoms with Crippen LogP contribution in [0.25, 0.3) is 0 Å². The van der Waals surface area contributed by atoms with Crippen molar-refractivity contribution in [1.82, 2.24) is 0 Å². The number of hydrogen-bond donors (Lipinski definition) is 1. The third-order valence-electron chi connectivity index (χ3n) is 3.98. The van der Waals surface area contributed by atoms with Gasteiger partial charge in [-0.05, 0) is 30.2 Å². The molecule has 1 N–H and O–H groups in total. The third-order valence-corrected chi connectivity index (χ3v) is 4.20. The van der Waals surface area contributed by atoms with Crippen LogP contribution in [-0.2, 0) is 17.6 Å². The molecule has 2 atom stereocenters. The van der Waals surface area contributed by atoms with E-state index in [1.807, 2.05) is 19.1 Å². The summed E-state index contributed by atoms with van der Waals surface area (Å²) in [7, 11) is 0. The van der Waals surface area contributed by atoms with Crippen molar-refractivity contribution in [2.45, 2.75) is 37.9 Å². The minimum absolute atomic E-state index is 0.145. The maximum atomic E-state index is 10.6. The molecule has 3 nitrogen and oxygen atoms in total. The average Bonchev–Trinajstić information content (AvgIpc) is 2.87. The molecule has 0 amide bonds. The maximum absolute atomic E-state index is 10.6. The van der Waals surface area contributed by atoms with Crippen LogP contribution in [0.2, 0.25) is 5.02 Å². The van der Waals surface area contributed by atoms with Crippen LogP contribution in [0.1, 0.15) is 24.5 Å². The fourth-order valence-corrected chi connectivity index (χ4v) is 3.07. The molecule has 18 heavy (non-hydrogen) atoms. The molecule has 0 bridgehead atoms. The SMILES string of the molecule is CC1OCCC1(O)Cc1cc(Cl)cc2c1OCC2. The molecule has 1 fully saturated rings. The van der Waals surface area contributed by atoms with Crippen molar-refractivity contribution in [2.75, 3.05) is 13.2 Å². The number of fused-ring (bicyclic) bond motifs is 1. The number of hydrogen-bond acceptors (Lipinski definition) is 3. The van der Waals surface area contributed by atoms with Gasteiger partial charge in [-0.1, -0.05) is 11.6 Å². The second-order valence-corrected chi connectivity index (χ2v) is 5.63. The molecule has 3 rings (SSSR count). The fraction of sp³-hybridized carbons (Fsp3) is 0.571. The van der Waals surface area contributed by atoms with Crippen LogP contribution >= 0.6 is 11.6 Å². The molecule has 0 radical (unpaired) electrons. The van der Waals surface area contributed by atoms with E-state index in [2.05, 4.69) is 0 Å². The number of benzene rings is 1. The highest BCUT2D eigenvalue weighted by Crippen LogP contribution is 2.38. The Kier molecular flexibility index (Phi) is 3.00. The summed E-state index contributed by atoms with van der Waals surface area (Å²) in [6, 6.07) is 3.85. The molecule has 1 aromatic carbocycles. The summed E-state index contributed by atoms with van der Waals surface area (Å²) in [4.78, 5) is 0. The van der Waals surface area contributed by atoms with Crippen molar-refractivity contribution < 1.29 is 14.6 Å². The molecule has 0 saturated carbocycles. The smallest absolute Gasteiger partial charge is 0.126 e. The second kappa shape index (κ2) is 4.41. The van der Waals surface area contributed by atoms with Crippen molar-refractivity contribution >= 4 is 11.6 Å². The quantitative estimate of drug-likeness (QED) is 0.895. The Morgan fingerprint density at radius 3 is 3.00 bits per heavy atom. The van der Waals surface area contributed by atoms with E-state index in [0.29, 0.717) is 31.1 Å². The molecule has 0 spiro atoms. The minimum atomic E-state index is -0.801. The van der Waals surface area contributed by atoms with Crippen LogP contribution in [0.3, 0.4) is 0 Å². The monoisotopic (exact) mass is 268 g/mol. The topological polar surface area (TPSA) is 38.7 Å². The molecule has 4 heteroatoms. The van der Waals surface area contributed by atoms with Crippen LogP contribution in [0, 0.1) is 0 Å². The fourth-order valence-electron chi connectivity index (χ4n) is 2.81. The Bertz CT molecular complexity index is 474. The van der Waals surface area contributed by atoms with E-state index in [4.69, 9.17) is 21.1 Å². The molecular formula is C14H17ClO3. The normalized spacial score (nSPS) is 30.3. The van der Waals surface area contributed by atoms with Gasteiger partial charge in [0.1, 0.15) is 5.75 Å². The van der Waals surface area contributed by atoms with Gasteiger partial charge in [-0.25, -0.2) is 0 Å². The Hall–Kier alpha value is -0.770. The highest BCUT2D eigenvalue weighted by Gasteiger charge is 2.40. The van der Waals surface area contributed by atoms with Gasteiger partial charge in [0.2, 0.25) is 0 Å². The minimum Gasteiger partial charge on any atom is -0.493 e. The first-order chi connectivity index (χ1) is 8.58. The third kappa shape index (κ3) is 2.00. The molecule has 2 heterocycles. The summed E-state index contributed by atoms with van der Waals surface area (Å²) in [6.45, 7) is 3.23. The van der Waals surface area contributed by atoms with Crippen LogP contribution in [-0.4, -0.2) is 30.0 Å². The van der Waals surface area contributed by atoms with Crippen molar-refractivity contribution in [2.24, 2.45) is 0 Å². The van der Waals surface area contributed by atoms with Crippen molar-refractivity contribution in [3.05, 3.63) is 28.3 Å². The number of rotatable bonds is 2. The zero-order valence-corrected chi connectivity index (χ0v) is 11.2. The van der Waals surface area contributed by atoms with Gasteiger partial charge in [-0.2, -0.15) is 0 Å². The second-order valence-electron chi connectivity index (χ2n) is 5.19. The van der Waals surface area contributed by atoms with Crippen LogP contribution in [0.5, 0.6) is 5.75 Å².